The molecule has 3 atom stereocenters. The van der Waals surface area contributed by atoms with E-state index >= 15 is 0 Å². The van der Waals surface area contributed by atoms with Crippen molar-refractivity contribution in [3.05, 3.63) is 130 Å². The Kier molecular flexibility index (Phi) is 3.97. The van der Waals surface area contributed by atoms with Crippen LogP contribution >= 0.6 is 0 Å². The van der Waals surface area contributed by atoms with Crippen LogP contribution in [0.15, 0.2) is 97.1 Å². The van der Waals surface area contributed by atoms with Gasteiger partial charge in [0, 0.05) is 11.3 Å². The lowest BCUT2D eigenvalue weighted by molar-refractivity contribution is 0.372. The predicted octanol–water partition coefficient (Wildman–Crippen LogP) is 6.05. The molecule has 2 heteroatoms. The van der Waals surface area contributed by atoms with Crippen molar-refractivity contribution in [2.75, 3.05) is 7.11 Å². The molecule has 6 rings (SSSR count). The molecule has 0 spiro atoms. The van der Waals surface area contributed by atoms with Crippen molar-refractivity contribution >= 4 is 0 Å². The summed E-state index contributed by atoms with van der Waals surface area (Å²) in [7, 11) is 1.62. The molecule has 0 saturated heterocycles. The Morgan fingerprint density at radius 3 is 2.23 bits per heavy atom. The summed E-state index contributed by atoms with van der Waals surface area (Å²) in [5.74, 6) is 1.29. The summed E-state index contributed by atoms with van der Waals surface area (Å²) in [6.07, 6.45) is 1.00. The molecule has 2 aliphatic carbocycles. The first kappa shape index (κ1) is 18.3. The molecular weight excluding hydrogens is 380 g/mol. The maximum absolute atomic E-state index is 10.8. The van der Waals surface area contributed by atoms with Crippen LogP contribution in [0, 0.1) is 5.92 Å². The molecule has 2 aliphatic rings. The number of phenols is 1. The second kappa shape index (κ2) is 6.75. The summed E-state index contributed by atoms with van der Waals surface area (Å²) in [5.41, 5.74) is 7.51. The zero-order valence-corrected chi connectivity index (χ0v) is 17.5. The summed E-state index contributed by atoms with van der Waals surface area (Å²) in [6.45, 7) is 0. The second-order valence-electron chi connectivity index (χ2n) is 8.64. The zero-order valence-electron chi connectivity index (χ0n) is 17.5. The third kappa shape index (κ3) is 2.39. The van der Waals surface area contributed by atoms with Gasteiger partial charge in [0.2, 0.25) is 0 Å². The van der Waals surface area contributed by atoms with Crippen LogP contribution in [0.1, 0.15) is 39.3 Å². The van der Waals surface area contributed by atoms with Crippen LogP contribution in [0.4, 0.5) is 0 Å². The van der Waals surface area contributed by atoms with Gasteiger partial charge in [-0.25, -0.2) is 0 Å². The minimum absolute atomic E-state index is 0.202. The topological polar surface area (TPSA) is 29.5 Å². The monoisotopic (exact) mass is 404 g/mol. The fourth-order valence-corrected chi connectivity index (χ4v) is 6.25. The van der Waals surface area contributed by atoms with Crippen LogP contribution in [-0.2, 0) is 11.8 Å². The van der Waals surface area contributed by atoms with E-state index in [-0.39, 0.29) is 17.1 Å². The predicted molar refractivity (Wildman–Crippen MR) is 123 cm³/mol. The summed E-state index contributed by atoms with van der Waals surface area (Å²) in [4.78, 5) is 0. The van der Waals surface area contributed by atoms with E-state index in [1.54, 1.807) is 7.11 Å². The lowest BCUT2D eigenvalue weighted by atomic mass is 9.67. The van der Waals surface area contributed by atoms with Crippen molar-refractivity contribution in [1.82, 2.24) is 0 Å². The van der Waals surface area contributed by atoms with Gasteiger partial charge < -0.3 is 9.84 Å². The molecule has 31 heavy (non-hydrogen) atoms. The quantitative estimate of drug-likeness (QED) is 0.450. The Bertz CT molecular complexity index is 1260. The molecule has 0 radical (unpaired) electrons. The van der Waals surface area contributed by atoms with Gasteiger partial charge in [-0.1, -0.05) is 84.9 Å². The molecule has 0 fully saturated rings. The Morgan fingerprint density at radius 1 is 0.806 bits per heavy atom. The number of fused-ring (bicyclic) bond motifs is 5. The average Bonchev–Trinajstić information content (AvgIpc) is 3.29. The van der Waals surface area contributed by atoms with Crippen molar-refractivity contribution in [3.63, 3.8) is 0 Å². The van der Waals surface area contributed by atoms with E-state index < -0.39 is 0 Å². The Hall–Kier alpha value is -3.52. The summed E-state index contributed by atoms with van der Waals surface area (Å²) < 4.78 is 5.53. The van der Waals surface area contributed by atoms with Crippen molar-refractivity contribution < 1.29 is 9.84 Å². The summed E-state index contributed by atoms with van der Waals surface area (Å²) in [5, 5.41) is 10.8. The van der Waals surface area contributed by atoms with Crippen LogP contribution in [0.25, 0.3) is 0 Å². The number of methoxy groups -OCH3 is 1. The first-order valence-electron chi connectivity index (χ1n) is 10.9. The maximum atomic E-state index is 10.8. The lowest BCUT2D eigenvalue weighted by Gasteiger charge is -2.34. The van der Waals surface area contributed by atoms with Crippen LogP contribution in [-0.4, -0.2) is 12.2 Å². The van der Waals surface area contributed by atoms with E-state index in [4.69, 9.17) is 4.74 Å². The average molecular weight is 405 g/mol. The Balaban J connectivity index is 1.74. The fraction of sp³-hybridized carbons (Fsp3) is 0.172. The van der Waals surface area contributed by atoms with Gasteiger partial charge in [-0.15, -0.1) is 0 Å². The van der Waals surface area contributed by atoms with E-state index in [9.17, 15) is 5.11 Å². The molecule has 0 unspecified atom stereocenters. The van der Waals surface area contributed by atoms with Gasteiger partial charge in [-0.3, -0.25) is 0 Å². The maximum Gasteiger partial charge on any atom is 0.160 e. The summed E-state index contributed by atoms with van der Waals surface area (Å²) >= 11 is 0. The molecule has 152 valence electrons. The van der Waals surface area contributed by atoms with Gasteiger partial charge in [0.05, 0.1) is 7.11 Å². The first-order valence-corrected chi connectivity index (χ1v) is 10.9. The van der Waals surface area contributed by atoms with Crippen LogP contribution < -0.4 is 4.74 Å². The van der Waals surface area contributed by atoms with Crippen LogP contribution in [0.3, 0.4) is 0 Å². The van der Waals surface area contributed by atoms with E-state index in [2.05, 4.69) is 91.0 Å². The highest BCUT2D eigenvalue weighted by atomic mass is 16.5. The van der Waals surface area contributed by atoms with Crippen molar-refractivity contribution in [2.45, 2.75) is 17.8 Å². The molecule has 2 nitrogen and oxygen atoms in total. The number of hydrogen-bond acceptors (Lipinski definition) is 2. The van der Waals surface area contributed by atoms with E-state index in [0.717, 1.165) is 6.42 Å². The third-order valence-corrected chi connectivity index (χ3v) is 7.34. The van der Waals surface area contributed by atoms with Gasteiger partial charge >= 0.3 is 0 Å². The van der Waals surface area contributed by atoms with E-state index in [1.165, 1.54) is 33.4 Å². The molecule has 4 aromatic rings. The molecule has 4 aromatic carbocycles. The molecule has 0 aromatic heterocycles. The highest BCUT2D eigenvalue weighted by Crippen LogP contribution is 2.65. The number of ether oxygens (including phenoxy) is 1. The Labute approximate surface area is 182 Å². The molecule has 0 aliphatic heterocycles. The number of benzene rings is 4. The van der Waals surface area contributed by atoms with Gasteiger partial charge in [0.1, 0.15) is 0 Å². The van der Waals surface area contributed by atoms with Crippen molar-refractivity contribution in [1.29, 1.82) is 0 Å². The zero-order chi connectivity index (χ0) is 21.0. The second-order valence-corrected chi connectivity index (χ2v) is 8.64. The van der Waals surface area contributed by atoms with Crippen molar-refractivity contribution in [3.8, 4) is 11.5 Å². The highest BCUT2D eigenvalue weighted by Gasteiger charge is 2.58. The van der Waals surface area contributed by atoms with Gasteiger partial charge in [-0.05, 0) is 57.9 Å². The molecule has 0 heterocycles. The molecule has 0 bridgehead atoms. The normalized spacial score (nSPS) is 23.1. The number of hydrogen-bond donors (Lipinski definition) is 1. The van der Waals surface area contributed by atoms with E-state index in [0.29, 0.717) is 11.7 Å². The van der Waals surface area contributed by atoms with Crippen molar-refractivity contribution in [2.24, 2.45) is 5.92 Å². The Morgan fingerprint density at radius 2 is 1.48 bits per heavy atom. The highest BCUT2D eigenvalue weighted by molar-refractivity contribution is 5.68. The van der Waals surface area contributed by atoms with Gasteiger partial charge in [-0.2, -0.15) is 0 Å². The van der Waals surface area contributed by atoms with E-state index in [1.807, 2.05) is 6.07 Å². The third-order valence-electron chi connectivity index (χ3n) is 7.34. The molecule has 0 amide bonds. The van der Waals surface area contributed by atoms with Crippen LogP contribution in [0.2, 0.25) is 0 Å². The first-order chi connectivity index (χ1) is 15.2. The van der Waals surface area contributed by atoms with Crippen LogP contribution in [0.5, 0.6) is 11.5 Å². The lowest BCUT2D eigenvalue weighted by Crippen LogP contribution is -2.32. The molecule has 1 N–H and O–H groups in total. The fourth-order valence-electron chi connectivity index (χ4n) is 6.25. The molecule has 0 saturated carbocycles. The van der Waals surface area contributed by atoms with Gasteiger partial charge in [0.15, 0.2) is 11.5 Å². The SMILES string of the molecule is COc1cc2c(cc1O)[C@]1(c3ccccc3)c3ccccc3C[C@@H]1[C@H]2c1ccccc1. The smallest absolute Gasteiger partial charge is 0.160 e. The largest absolute Gasteiger partial charge is 0.504 e. The number of aromatic hydroxyl groups is 1. The number of phenolic OH excluding ortho intramolecular Hbond substituents is 1. The van der Waals surface area contributed by atoms with Gasteiger partial charge in [0.25, 0.3) is 0 Å². The minimum atomic E-state index is -0.294. The molecular formula is C29H24O2. The summed E-state index contributed by atoms with van der Waals surface area (Å²) in [6, 6.07) is 34.5. The standard InChI is InChI=1S/C29H24O2/c1-31-27-17-22-24(18-26(27)30)29(21-13-6-3-7-14-21)23-15-9-8-12-20(23)16-25(29)28(22)19-10-4-2-5-11-19/h2-15,17-18,25,28,30H,16H2,1H3/t25-,28+,29+/m1/s1. The number of rotatable bonds is 3. The minimum Gasteiger partial charge on any atom is -0.504 e.